The number of nitrogens with zero attached hydrogens (tertiary/aromatic N) is 2. The topological polar surface area (TPSA) is 121 Å². The van der Waals surface area contributed by atoms with E-state index in [1.54, 1.807) is 31.3 Å². The molecule has 1 fully saturated rings. The number of carbonyl (C=O) groups excluding carboxylic acids is 1. The fourth-order valence-electron chi connectivity index (χ4n) is 4.04. The van der Waals surface area contributed by atoms with Crippen molar-refractivity contribution >= 4 is 16.9 Å². The minimum atomic E-state index is -0.629. The lowest BCUT2D eigenvalue weighted by atomic mass is 9.72. The van der Waals surface area contributed by atoms with Gasteiger partial charge in [-0.2, -0.15) is 10.2 Å². The van der Waals surface area contributed by atoms with Gasteiger partial charge < -0.3 is 24.7 Å². The first-order chi connectivity index (χ1) is 14.1. The van der Waals surface area contributed by atoms with Gasteiger partial charge >= 0.3 is 0 Å². The molecule has 3 aromatic rings. The van der Waals surface area contributed by atoms with Crippen LogP contribution in [0.5, 0.6) is 5.75 Å². The van der Waals surface area contributed by atoms with Crippen LogP contribution in [0.25, 0.3) is 11.0 Å². The molecular weight excluding hydrogens is 374 g/mol. The zero-order valence-corrected chi connectivity index (χ0v) is 16.2. The molecule has 0 aliphatic carbocycles. The standard InChI is InChI=1S/C21H23N3O5/c1-13-17(20(22)26)18-15(29-13)4-5-16(28-11-14-3-2-8-23-24-14)19(18)21(12-25)6-9-27-10-7-21/h2-5,8,25H,6-7,9-12H2,1H3,(H2,22,26). The van der Waals surface area contributed by atoms with Gasteiger partial charge in [0, 0.05) is 35.8 Å². The van der Waals surface area contributed by atoms with Crippen LogP contribution in [0.4, 0.5) is 0 Å². The Hall–Kier alpha value is -2.97. The summed E-state index contributed by atoms with van der Waals surface area (Å²) in [6, 6.07) is 7.16. The Morgan fingerprint density at radius 1 is 1.31 bits per heavy atom. The molecule has 0 unspecified atom stereocenters. The first-order valence-corrected chi connectivity index (χ1v) is 9.50. The summed E-state index contributed by atoms with van der Waals surface area (Å²) >= 11 is 0. The van der Waals surface area contributed by atoms with Gasteiger partial charge in [-0.1, -0.05) is 0 Å². The molecule has 2 aromatic heterocycles. The van der Waals surface area contributed by atoms with Gasteiger partial charge in [-0.05, 0) is 44.0 Å². The van der Waals surface area contributed by atoms with Crippen molar-refractivity contribution in [1.29, 1.82) is 0 Å². The molecule has 1 saturated heterocycles. The first-order valence-electron chi connectivity index (χ1n) is 9.50. The number of furan rings is 1. The Morgan fingerprint density at radius 2 is 2.10 bits per heavy atom. The third-order valence-electron chi connectivity index (χ3n) is 5.53. The second-order valence-corrected chi connectivity index (χ2v) is 7.26. The van der Waals surface area contributed by atoms with Crippen LogP contribution in [-0.2, 0) is 16.8 Å². The van der Waals surface area contributed by atoms with Gasteiger partial charge in [0.15, 0.2) is 0 Å². The molecule has 8 heteroatoms. The summed E-state index contributed by atoms with van der Waals surface area (Å²) in [4.78, 5) is 12.2. The van der Waals surface area contributed by atoms with E-state index < -0.39 is 11.3 Å². The molecule has 1 amide bonds. The second kappa shape index (κ2) is 7.81. The van der Waals surface area contributed by atoms with Crippen LogP contribution < -0.4 is 10.5 Å². The maximum atomic E-state index is 12.2. The van der Waals surface area contributed by atoms with Gasteiger partial charge in [-0.3, -0.25) is 4.79 Å². The number of hydrogen-bond acceptors (Lipinski definition) is 7. The number of aryl methyl sites for hydroxylation is 1. The highest BCUT2D eigenvalue weighted by molar-refractivity contribution is 6.08. The van der Waals surface area contributed by atoms with Crippen molar-refractivity contribution in [3.8, 4) is 5.75 Å². The van der Waals surface area contributed by atoms with Crippen molar-refractivity contribution in [3.05, 3.63) is 53.0 Å². The molecule has 0 saturated carbocycles. The van der Waals surface area contributed by atoms with E-state index in [0.29, 0.717) is 59.8 Å². The van der Waals surface area contributed by atoms with E-state index in [1.807, 2.05) is 6.07 Å². The molecule has 3 N–H and O–H groups in total. The molecule has 1 aliphatic rings. The number of nitrogens with two attached hydrogens (primary N) is 1. The predicted octanol–water partition coefficient (Wildman–Crippen LogP) is 2.25. The fourth-order valence-corrected chi connectivity index (χ4v) is 4.04. The van der Waals surface area contributed by atoms with Crippen molar-refractivity contribution in [3.63, 3.8) is 0 Å². The van der Waals surface area contributed by atoms with Gasteiger partial charge in [-0.25, -0.2) is 0 Å². The zero-order chi connectivity index (χ0) is 20.4. The smallest absolute Gasteiger partial charge is 0.252 e. The van der Waals surface area contributed by atoms with Crippen molar-refractivity contribution in [2.24, 2.45) is 5.73 Å². The average Bonchev–Trinajstić information content (AvgIpc) is 3.09. The van der Waals surface area contributed by atoms with E-state index in [4.69, 9.17) is 19.6 Å². The van der Waals surface area contributed by atoms with Gasteiger partial charge in [0.1, 0.15) is 29.4 Å². The number of hydrogen-bond donors (Lipinski definition) is 2. The van der Waals surface area contributed by atoms with Crippen molar-refractivity contribution < 1.29 is 23.8 Å². The summed E-state index contributed by atoms with van der Waals surface area (Å²) < 4.78 is 17.4. The van der Waals surface area contributed by atoms with Crippen LogP contribution in [0.1, 0.15) is 40.2 Å². The Morgan fingerprint density at radius 3 is 2.76 bits per heavy atom. The van der Waals surface area contributed by atoms with Gasteiger partial charge in [0.2, 0.25) is 0 Å². The SMILES string of the molecule is Cc1oc2ccc(OCc3cccnn3)c(C3(CO)CCOCC3)c2c1C(N)=O. The first kappa shape index (κ1) is 19.4. The number of benzene rings is 1. The molecular formula is C21H23N3O5. The Balaban J connectivity index is 1.90. The number of carbonyl (C=O) groups is 1. The van der Waals surface area contributed by atoms with Crippen molar-refractivity contribution in [2.45, 2.75) is 31.8 Å². The predicted molar refractivity (Wildman–Crippen MR) is 105 cm³/mol. The molecule has 0 spiro atoms. The average molecular weight is 397 g/mol. The van der Waals surface area contributed by atoms with Crippen LogP contribution in [0.2, 0.25) is 0 Å². The lowest BCUT2D eigenvalue weighted by molar-refractivity contribution is 0.0246. The van der Waals surface area contributed by atoms with Gasteiger partial charge in [-0.15, -0.1) is 0 Å². The lowest BCUT2D eigenvalue weighted by Gasteiger charge is -2.37. The van der Waals surface area contributed by atoms with E-state index in [2.05, 4.69) is 10.2 Å². The summed E-state index contributed by atoms with van der Waals surface area (Å²) in [6.07, 6.45) is 2.77. The molecule has 152 valence electrons. The summed E-state index contributed by atoms with van der Waals surface area (Å²) in [6.45, 7) is 2.80. The molecule has 0 atom stereocenters. The fraction of sp³-hybridized carbons (Fsp3) is 0.381. The molecule has 29 heavy (non-hydrogen) atoms. The molecule has 0 radical (unpaired) electrons. The van der Waals surface area contributed by atoms with E-state index in [1.165, 1.54) is 0 Å². The highest BCUT2D eigenvalue weighted by atomic mass is 16.5. The third kappa shape index (κ3) is 3.45. The van der Waals surface area contributed by atoms with E-state index in [0.717, 1.165) is 5.56 Å². The Labute approximate surface area is 167 Å². The summed E-state index contributed by atoms with van der Waals surface area (Å²) in [5.41, 5.74) is 7.31. The minimum absolute atomic E-state index is 0.112. The Bertz CT molecular complexity index is 1030. The summed E-state index contributed by atoms with van der Waals surface area (Å²) in [7, 11) is 0. The van der Waals surface area contributed by atoms with E-state index in [-0.39, 0.29) is 13.2 Å². The molecule has 1 aromatic carbocycles. The molecule has 3 heterocycles. The third-order valence-corrected chi connectivity index (χ3v) is 5.53. The van der Waals surface area contributed by atoms with Crippen LogP contribution in [0.3, 0.4) is 0 Å². The zero-order valence-electron chi connectivity index (χ0n) is 16.2. The van der Waals surface area contributed by atoms with Crippen molar-refractivity contribution in [2.75, 3.05) is 19.8 Å². The monoisotopic (exact) mass is 397 g/mol. The normalized spacial score (nSPS) is 16.1. The number of aliphatic hydroxyl groups excluding tert-OH is 1. The van der Waals surface area contributed by atoms with Crippen LogP contribution in [0.15, 0.2) is 34.9 Å². The number of ether oxygens (including phenoxy) is 2. The molecule has 1 aliphatic heterocycles. The number of fused-ring (bicyclic) bond motifs is 1. The maximum Gasteiger partial charge on any atom is 0.252 e. The van der Waals surface area contributed by atoms with Crippen LogP contribution >= 0.6 is 0 Å². The molecule has 4 rings (SSSR count). The largest absolute Gasteiger partial charge is 0.487 e. The van der Waals surface area contributed by atoms with Crippen molar-refractivity contribution in [1.82, 2.24) is 10.2 Å². The second-order valence-electron chi connectivity index (χ2n) is 7.26. The van der Waals surface area contributed by atoms with Gasteiger partial charge in [0.05, 0.1) is 12.2 Å². The van der Waals surface area contributed by atoms with Crippen LogP contribution in [0, 0.1) is 6.92 Å². The lowest BCUT2D eigenvalue weighted by Crippen LogP contribution is -2.38. The molecule has 8 nitrogen and oxygen atoms in total. The van der Waals surface area contributed by atoms with Crippen LogP contribution in [-0.4, -0.2) is 41.0 Å². The maximum absolute atomic E-state index is 12.2. The number of aliphatic hydroxyl groups is 1. The number of amides is 1. The highest BCUT2D eigenvalue weighted by Gasteiger charge is 2.40. The van der Waals surface area contributed by atoms with E-state index in [9.17, 15) is 9.90 Å². The summed E-state index contributed by atoms with van der Waals surface area (Å²) in [5, 5.41) is 18.9. The quantitative estimate of drug-likeness (QED) is 0.654. The number of primary amides is 1. The Kier molecular flexibility index (Phi) is 5.21. The van der Waals surface area contributed by atoms with Gasteiger partial charge in [0.25, 0.3) is 5.91 Å². The number of rotatable bonds is 6. The summed E-state index contributed by atoms with van der Waals surface area (Å²) in [5.74, 6) is 0.427. The molecule has 0 bridgehead atoms. The minimum Gasteiger partial charge on any atom is -0.487 e. The van der Waals surface area contributed by atoms with E-state index >= 15 is 0 Å². The number of aromatic nitrogens is 2. The highest BCUT2D eigenvalue weighted by Crippen LogP contribution is 2.46.